The zero-order chi connectivity index (χ0) is 8.59. The van der Waals surface area contributed by atoms with Crippen molar-refractivity contribution >= 4 is 5.69 Å². The Balaban J connectivity index is 3.46. The van der Waals surface area contributed by atoms with Crippen LogP contribution >= 0.6 is 0 Å². The van der Waals surface area contributed by atoms with E-state index in [0.29, 0.717) is 5.56 Å². The van der Waals surface area contributed by atoms with Gasteiger partial charge in [0.1, 0.15) is 11.6 Å². The molecule has 0 aliphatic rings. The Labute approximate surface area is 64.5 Å². The van der Waals surface area contributed by atoms with Crippen LogP contribution in [-0.4, -0.2) is 5.11 Å². The molecule has 1 rings (SSSR count). The van der Waals surface area contributed by atoms with Gasteiger partial charge < -0.3 is 10.8 Å². The van der Waals surface area contributed by atoms with E-state index >= 15 is 0 Å². The number of benzene rings is 1. The van der Waals surface area contributed by atoms with E-state index in [2.05, 4.69) is 0 Å². The van der Waals surface area contributed by atoms with Gasteiger partial charge in [0, 0.05) is 5.56 Å². The molecule has 0 fully saturated rings. The Hall–Kier alpha value is -1.25. The molecule has 0 aliphatic carbocycles. The van der Waals surface area contributed by atoms with E-state index in [0.717, 1.165) is 0 Å². The molecule has 0 heterocycles. The van der Waals surface area contributed by atoms with Crippen LogP contribution in [0.5, 0.6) is 5.75 Å². The maximum absolute atomic E-state index is 13.0. The van der Waals surface area contributed by atoms with Crippen LogP contribution in [0.25, 0.3) is 0 Å². The second-order valence-electron chi connectivity index (χ2n) is 2.57. The molecule has 0 radical (unpaired) electrons. The zero-order valence-electron chi connectivity index (χ0n) is 6.48. The molecular formula is C8H10FNO. The number of phenols is 1. The number of rotatable bonds is 0. The fourth-order valence-electron chi connectivity index (χ4n) is 0.981. The molecule has 3 heteroatoms. The summed E-state index contributed by atoms with van der Waals surface area (Å²) in [5, 5.41) is 9.15. The molecule has 0 atom stereocenters. The van der Waals surface area contributed by atoms with Crippen molar-refractivity contribution in [2.75, 3.05) is 5.73 Å². The number of hydrogen-bond donors (Lipinski definition) is 2. The first-order valence-corrected chi connectivity index (χ1v) is 3.28. The van der Waals surface area contributed by atoms with Crippen LogP contribution < -0.4 is 5.73 Å². The molecule has 1 aromatic rings. The van der Waals surface area contributed by atoms with E-state index in [1.54, 1.807) is 6.92 Å². The Bertz CT molecular complexity index is 270. The summed E-state index contributed by atoms with van der Waals surface area (Å²) in [4.78, 5) is 0. The van der Waals surface area contributed by atoms with E-state index in [1.807, 2.05) is 0 Å². The van der Waals surface area contributed by atoms with Gasteiger partial charge in [0.05, 0.1) is 5.69 Å². The summed E-state index contributed by atoms with van der Waals surface area (Å²) in [6.07, 6.45) is 0. The normalized spacial score (nSPS) is 10.1. The van der Waals surface area contributed by atoms with Gasteiger partial charge >= 0.3 is 0 Å². The summed E-state index contributed by atoms with van der Waals surface area (Å²) in [6.45, 7) is 3.10. The number of anilines is 1. The van der Waals surface area contributed by atoms with Crippen molar-refractivity contribution in [2.45, 2.75) is 13.8 Å². The number of phenolic OH excluding ortho intramolecular Hbond substituents is 1. The molecule has 0 saturated carbocycles. The van der Waals surface area contributed by atoms with Crippen molar-refractivity contribution in [3.63, 3.8) is 0 Å². The molecule has 11 heavy (non-hydrogen) atoms. The van der Waals surface area contributed by atoms with E-state index in [-0.39, 0.29) is 17.0 Å². The molecule has 0 aromatic heterocycles. The largest absolute Gasteiger partial charge is 0.505 e. The molecule has 1 aromatic carbocycles. The van der Waals surface area contributed by atoms with Crippen LogP contribution in [0.1, 0.15) is 11.1 Å². The van der Waals surface area contributed by atoms with Crippen LogP contribution in [-0.2, 0) is 0 Å². The van der Waals surface area contributed by atoms with Gasteiger partial charge in [-0.05, 0) is 25.5 Å². The molecular weight excluding hydrogens is 145 g/mol. The first-order chi connectivity index (χ1) is 5.04. The lowest BCUT2D eigenvalue weighted by Crippen LogP contribution is -1.94. The number of nitrogen functional groups attached to an aromatic ring is 1. The fourth-order valence-corrected chi connectivity index (χ4v) is 0.981. The smallest absolute Gasteiger partial charge is 0.144 e. The van der Waals surface area contributed by atoms with Gasteiger partial charge in [0.15, 0.2) is 0 Å². The molecule has 2 nitrogen and oxygen atoms in total. The Morgan fingerprint density at radius 3 is 2.55 bits per heavy atom. The first-order valence-electron chi connectivity index (χ1n) is 3.28. The second kappa shape index (κ2) is 2.42. The van der Waals surface area contributed by atoms with E-state index < -0.39 is 5.82 Å². The fraction of sp³-hybridized carbons (Fsp3) is 0.250. The molecule has 0 unspecified atom stereocenters. The highest BCUT2D eigenvalue weighted by molar-refractivity contribution is 5.57. The first kappa shape index (κ1) is 7.85. The predicted octanol–water partition coefficient (Wildman–Crippen LogP) is 1.73. The van der Waals surface area contributed by atoms with Gasteiger partial charge in [-0.1, -0.05) is 0 Å². The number of aromatic hydroxyl groups is 1. The van der Waals surface area contributed by atoms with E-state index in [1.165, 1.54) is 13.0 Å². The lowest BCUT2D eigenvalue weighted by molar-refractivity contribution is 0.465. The van der Waals surface area contributed by atoms with Gasteiger partial charge in [-0.3, -0.25) is 0 Å². The summed E-state index contributed by atoms with van der Waals surface area (Å²) in [5.41, 5.74) is 6.26. The summed E-state index contributed by atoms with van der Waals surface area (Å²) in [7, 11) is 0. The third-order valence-electron chi connectivity index (χ3n) is 1.68. The molecule has 0 saturated heterocycles. The van der Waals surface area contributed by atoms with Gasteiger partial charge in [0.25, 0.3) is 0 Å². The Morgan fingerprint density at radius 2 is 2.00 bits per heavy atom. The van der Waals surface area contributed by atoms with E-state index in [9.17, 15) is 4.39 Å². The minimum atomic E-state index is -0.392. The number of aryl methyl sites for hydroxylation is 1. The van der Waals surface area contributed by atoms with Crippen LogP contribution in [0.4, 0.5) is 10.1 Å². The third-order valence-corrected chi connectivity index (χ3v) is 1.68. The standard InChI is InChI=1S/C8H10FNO/c1-4-3-6(10)8(11)5(2)7(4)9/h3,11H,10H2,1-2H3. The average Bonchev–Trinajstić information content (AvgIpc) is 1.97. The summed E-state index contributed by atoms with van der Waals surface area (Å²) in [6, 6.07) is 1.41. The minimum absolute atomic E-state index is 0.159. The second-order valence-corrected chi connectivity index (χ2v) is 2.57. The minimum Gasteiger partial charge on any atom is -0.505 e. The predicted molar refractivity (Wildman–Crippen MR) is 42.0 cm³/mol. The highest BCUT2D eigenvalue weighted by Crippen LogP contribution is 2.28. The lowest BCUT2D eigenvalue weighted by Gasteiger charge is -2.05. The number of halogens is 1. The Morgan fingerprint density at radius 1 is 1.45 bits per heavy atom. The lowest BCUT2D eigenvalue weighted by atomic mass is 10.1. The Kier molecular flexibility index (Phi) is 1.72. The van der Waals surface area contributed by atoms with Crippen molar-refractivity contribution in [3.8, 4) is 5.75 Å². The molecule has 0 bridgehead atoms. The monoisotopic (exact) mass is 155 g/mol. The van der Waals surface area contributed by atoms with Crippen LogP contribution in [0.2, 0.25) is 0 Å². The molecule has 3 N–H and O–H groups in total. The van der Waals surface area contributed by atoms with Crippen molar-refractivity contribution in [1.82, 2.24) is 0 Å². The quantitative estimate of drug-likeness (QED) is 0.442. The molecule has 0 spiro atoms. The highest BCUT2D eigenvalue weighted by atomic mass is 19.1. The van der Waals surface area contributed by atoms with Gasteiger partial charge in [-0.2, -0.15) is 0 Å². The topological polar surface area (TPSA) is 46.2 Å². The van der Waals surface area contributed by atoms with Crippen molar-refractivity contribution in [2.24, 2.45) is 0 Å². The zero-order valence-corrected chi connectivity index (χ0v) is 6.48. The van der Waals surface area contributed by atoms with Crippen LogP contribution in [0, 0.1) is 19.7 Å². The van der Waals surface area contributed by atoms with Gasteiger partial charge in [0.2, 0.25) is 0 Å². The molecule has 60 valence electrons. The van der Waals surface area contributed by atoms with Crippen molar-refractivity contribution < 1.29 is 9.50 Å². The van der Waals surface area contributed by atoms with Gasteiger partial charge in [-0.25, -0.2) is 4.39 Å². The molecule has 0 aliphatic heterocycles. The van der Waals surface area contributed by atoms with Crippen molar-refractivity contribution in [1.29, 1.82) is 0 Å². The van der Waals surface area contributed by atoms with E-state index in [4.69, 9.17) is 10.8 Å². The average molecular weight is 155 g/mol. The maximum atomic E-state index is 13.0. The molecule has 0 amide bonds. The number of hydrogen-bond acceptors (Lipinski definition) is 2. The maximum Gasteiger partial charge on any atom is 0.144 e. The summed E-state index contributed by atoms with van der Waals surface area (Å²) in [5.74, 6) is -0.551. The number of nitrogens with two attached hydrogens (primary N) is 1. The van der Waals surface area contributed by atoms with Crippen LogP contribution in [0.3, 0.4) is 0 Å². The third kappa shape index (κ3) is 1.13. The van der Waals surface area contributed by atoms with Crippen LogP contribution in [0.15, 0.2) is 6.07 Å². The van der Waals surface area contributed by atoms with Gasteiger partial charge in [-0.15, -0.1) is 0 Å². The SMILES string of the molecule is Cc1cc(N)c(O)c(C)c1F. The summed E-state index contributed by atoms with van der Waals surface area (Å²) >= 11 is 0. The highest BCUT2D eigenvalue weighted by Gasteiger charge is 2.08. The summed E-state index contributed by atoms with van der Waals surface area (Å²) < 4.78 is 13.0. The van der Waals surface area contributed by atoms with Crippen molar-refractivity contribution in [3.05, 3.63) is 23.0 Å².